The SMILES string of the molecule is COC1C2OC(=O)O[C@@H]2[C@@H](O)OC1(C)C. The Morgan fingerprint density at radius 1 is 1.33 bits per heavy atom. The fourth-order valence-corrected chi connectivity index (χ4v) is 2.10. The van der Waals surface area contributed by atoms with Crippen molar-refractivity contribution in [3.8, 4) is 0 Å². The number of rotatable bonds is 1. The van der Waals surface area contributed by atoms with Crippen molar-refractivity contribution in [3.05, 3.63) is 0 Å². The lowest BCUT2D eigenvalue weighted by Gasteiger charge is -2.43. The molecular weight excluding hydrogens is 204 g/mol. The first kappa shape index (κ1) is 10.7. The number of aliphatic hydroxyl groups is 1. The molecule has 2 saturated heterocycles. The van der Waals surface area contributed by atoms with E-state index < -0.39 is 36.4 Å². The summed E-state index contributed by atoms with van der Waals surface area (Å²) in [5.74, 6) is 0. The summed E-state index contributed by atoms with van der Waals surface area (Å²) in [6.07, 6.45) is -3.87. The van der Waals surface area contributed by atoms with Gasteiger partial charge in [0, 0.05) is 7.11 Å². The molecule has 2 heterocycles. The number of carbonyl (C=O) groups is 1. The van der Waals surface area contributed by atoms with Gasteiger partial charge in [-0.3, -0.25) is 0 Å². The predicted octanol–water partition coefficient (Wildman–Crippen LogP) is 0.0326. The molecule has 6 heteroatoms. The fourth-order valence-electron chi connectivity index (χ4n) is 2.10. The molecule has 0 aromatic carbocycles. The van der Waals surface area contributed by atoms with Crippen molar-refractivity contribution in [1.82, 2.24) is 0 Å². The molecule has 1 N–H and O–H groups in total. The van der Waals surface area contributed by atoms with Gasteiger partial charge in [0.25, 0.3) is 0 Å². The highest BCUT2D eigenvalue weighted by Gasteiger charge is 2.57. The molecule has 2 unspecified atom stereocenters. The van der Waals surface area contributed by atoms with E-state index in [-0.39, 0.29) is 0 Å². The van der Waals surface area contributed by atoms with Gasteiger partial charge >= 0.3 is 6.16 Å². The van der Waals surface area contributed by atoms with Gasteiger partial charge in [-0.1, -0.05) is 0 Å². The van der Waals surface area contributed by atoms with E-state index in [0.717, 1.165) is 0 Å². The molecule has 2 fully saturated rings. The number of aliphatic hydroxyl groups excluding tert-OH is 1. The molecule has 0 saturated carbocycles. The zero-order valence-electron chi connectivity index (χ0n) is 8.80. The van der Waals surface area contributed by atoms with E-state index in [1.165, 1.54) is 7.11 Å². The van der Waals surface area contributed by atoms with Crippen LogP contribution in [-0.4, -0.2) is 48.6 Å². The molecule has 0 amide bonds. The topological polar surface area (TPSA) is 74.2 Å². The van der Waals surface area contributed by atoms with E-state index in [1.54, 1.807) is 13.8 Å². The van der Waals surface area contributed by atoms with Crippen molar-refractivity contribution in [2.45, 2.75) is 44.1 Å². The van der Waals surface area contributed by atoms with Crippen LogP contribution in [0, 0.1) is 0 Å². The molecule has 4 atom stereocenters. The van der Waals surface area contributed by atoms with Gasteiger partial charge in [0.05, 0.1) is 5.60 Å². The Hall–Kier alpha value is -0.850. The third-order valence-electron chi connectivity index (χ3n) is 2.73. The average molecular weight is 218 g/mol. The summed E-state index contributed by atoms with van der Waals surface area (Å²) in [6, 6.07) is 0. The smallest absolute Gasteiger partial charge is 0.424 e. The lowest BCUT2D eigenvalue weighted by atomic mass is 9.90. The Morgan fingerprint density at radius 2 is 1.93 bits per heavy atom. The van der Waals surface area contributed by atoms with Gasteiger partial charge < -0.3 is 24.1 Å². The molecule has 2 rings (SSSR count). The van der Waals surface area contributed by atoms with Gasteiger partial charge in [-0.2, -0.15) is 0 Å². The zero-order chi connectivity index (χ0) is 11.2. The summed E-state index contributed by atoms with van der Waals surface area (Å²) in [5.41, 5.74) is -0.733. The Labute approximate surface area is 87.1 Å². The van der Waals surface area contributed by atoms with Crippen LogP contribution < -0.4 is 0 Å². The molecule has 2 aliphatic rings. The largest absolute Gasteiger partial charge is 0.509 e. The average Bonchev–Trinajstić information content (AvgIpc) is 2.46. The number of hydrogen-bond donors (Lipinski definition) is 1. The van der Waals surface area contributed by atoms with E-state index in [2.05, 4.69) is 0 Å². The molecule has 0 radical (unpaired) electrons. The minimum atomic E-state index is -1.18. The van der Waals surface area contributed by atoms with Crippen LogP contribution in [0.4, 0.5) is 4.79 Å². The summed E-state index contributed by atoms with van der Waals surface area (Å²) in [6.45, 7) is 3.51. The second-order valence-corrected chi connectivity index (χ2v) is 4.18. The molecular formula is C9H14O6. The van der Waals surface area contributed by atoms with Gasteiger partial charge in [-0.15, -0.1) is 0 Å². The number of hydrogen-bond acceptors (Lipinski definition) is 6. The van der Waals surface area contributed by atoms with E-state index in [0.29, 0.717) is 0 Å². The van der Waals surface area contributed by atoms with Crippen LogP contribution in [0.2, 0.25) is 0 Å². The maximum absolute atomic E-state index is 11.0. The molecule has 0 aromatic rings. The maximum Gasteiger partial charge on any atom is 0.509 e. The third-order valence-corrected chi connectivity index (χ3v) is 2.73. The number of carbonyl (C=O) groups excluding carboxylic acids is 1. The van der Waals surface area contributed by atoms with Crippen LogP contribution in [0.15, 0.2) is 0 Å². The Balaban J connectivity index is 2.26. The van der Waals surface area contributed by atoms with Crippen LogP contribution in [0.3, 0.4) is 0 Å². The molecule has 0 aliphatic carbocycles. The number of methoxy groups -OCH3 is 1. The lowest BCUT2D eigenvalue weighted by Crippen LogP contribution is -2.61. The van der Waals surface area contributed by atoms with E-state index >= 15 is 0 Å². The van der Waals surface area contributed by atoms with E-state index in [4.69, 9.17) is 18.9 Å². The predicted molar refractivity (Wildman–Crippen MR) is 47.1 cm³/mol. The van der Waals surface area contributed by atoms with Crippen LogP contribution in [0.25, 0.3) is 0 Å². The monoisotopic (exact) mass is 218 g/mol. The Bertz CT molecular complexity index is 276. The molecule has 6 nitrogen and oxygen atoms in total. The third kappa shape index (κ3) is 1.58. The highest BCUT2D eigenvalue weighted by atomic mass is 16.8. The number of fused-ring (bicyclic) bond motifs is 1. The minimum Gasteiger partial charge on any atom is -0.424 e. The first-order valence-corrected chi connectivity index (χ1v) is 4.71. The number of ether oxygens (including phenoxy) is 4. The van der Waals surface area contributed by atoms with Crippen molar-refractivity contribution >= 4 is 6.16 Å². The van der Waals surface area contributed by atoms with Crippen molar-refractivity contribution in [3.63, 3.8) is 0 Å². The maximum atomic E-state index is 11.0. The van der Waals surface area contributed by atoms with Crippen LogP contribution in [0.1, 0.15) is 13.8 Å². The first-order chi connectivity index (χ1) is 6.95. The molecule has 2 aliphatic heterocycles. The normalized spacial score (nSPS) is 43.1. The van der Waals surface area contributed by atoms with Crippen LogP contribution in [0.5, 0.6) is 0 Å². The van der Waals surface area contributed by atoms with Gasteiger partial charge in [0.15, 0.2) is 18.5 Å². The quantitative estimate of drug-likeness (QED) is 0.626. The minimum absolute atomic E-state index is 0.461. The van der Waals surface area contributed by atoms with Crippen LogP contribution >= 0.6 is 0 Å². The van der Waals surface area contributed by atoms with Gasteiger partial charge in [0.2, 0.25) is 0 Å². The molecule has 0 aromatic heterocycles. The van der Waals surface area contributed by atoms with Crippen molar-refractivity contribution < 1.29 is 28.8 Å². The second-order valence-electron chi connectivity index (χ2n) is 4.18. The molecule has 86 valence electrons. The summed E-state index contributed by atoms with van der Waals surface area (Å²) in [5, 5.41) is 9.61. The van der Waals surface area contributed by atoms with Crippen molar-refractivity contribution in [2.75, 3.05) is 7.11 Å². The highest BCUT2D eigenvalue weighted by Crippen LogP contribution is 2.36. The summed E-state index contributed by atoms with van der Waals surface area (Å²) in [7, 11) is 1.50. The fraction of sp³-hybridized carbons (Fsp3) is 0.889. The summed E-state index contributed by atoms with van der Waals surface area (Å²) < 4.78 is 20.3. The van der Waals surface area contributed by atoms with Crippen molar-refractivity contribution in [1.29, 1.82) is 0 Å². The second kappa shape index (κ2) is 3.33. The van der Waals surface area contributed by atoms with Gasteiger partial charge in [0.1, 0.15) is 6.10 Å². The molecule has 0 bridgehead atoms. The van der Waals surface area contributed by atoms with Gasteiger partial charge in [-0.25, -0.2) is 4.79 Å². The summed E-state index contributed by atoms with van der Waals surface area (Å²) >= 11 is 0. The van der Waals surface area contributed by atoms with Crippen molar-refractivity contribution in [2.24, 2.45) is 0 Å². The highest BCUT2D eigenvalue weighted by molar-refractivity contribution is 5.63. The Morgan fingerprint density at radius 3 is 2.53 bits per heavy atom. The van der Waals surface area contributed by atoms with E-state index in [9.17, 15) is 9.90 Å². The first-order valence-electron chi connectivity index (χ1n) is 4.71. The molecule has 0 spiro atoms. The summed E-state index contributed by atoms with van der Waals surface area (Å²) in [4.78, 5) is 11.0. The Kier molecular flexibility index (Phi) is 2.37. The standard InChI is InChI=1S/C9H14O6/c1-9(2)6(12-3)4-5(7(10)15-9)14-8(11)13-4/h4-7,10H,1-3H3/t4?,5-,6?,7-/m0/s1. The van der Waals surface area contributed by atoms with E-state index in [1.807, 2.05) is 0 Å². The van der Waals surface area contributed by atoms with Gasteiger partial charge in [-0.05, 0) is 13.8 Å². The lowest BCUT2D eigenvalue weighted by molar-refractivity contribution is -0.291. The zero-order valence-corrected chi connectivity index (χ0v) is 8.80. The van der Waals surface area contributed by atoms with Crippen LogP contribution in [-0.2, 0) is 18.9 Å². The molecule has 15 heavy (non-hydrogen) atoms.